The maximum atomic E-state index is 6.03. The molecule has 0 aromatic rings. The summed E-state index contributed by atoms with van der Waals surface area (Å²) in [6, 6.07) is 0.719. The molecule has 2 unspecified atom stereocenters. The van der Waals surface area contributed by atoms with Gasteiger partial charge < -0.3 is 9.64 Å². The van der Waals surface area contributed by atoms with Crippen molar-refractivity contribution in [1.29, 1.82) is 0 Å². The lowest BCUT2D eigenvalue weighted by molar-refractivity contribution is -0.0832. The average Bonchev–Trinajstić information content (AvgIpc) is 2.01. The van der Waals surface area contributed by atoms with Crippen molar-refractivity contribution in [1.82, 2.24) is 4.90 Å². The van der Waals surface area contributed by atoms with Crippen molar-refractivity contribution in [3.63, 3.8) is 0 Å². The van der Waals surface area contributed by atoms with Gasteiger partial charge >= 0.3 is 0 Å². The molecule has 14 heavy (non-hydrogen) atoms. The molecule has 0 N–H and O–H groups in total. The van der Waals surface area contributed by atoms with Crippen molar-refractivity contribution >= 4 is 0 Å². The normalized spacial score (nSPS) is 29.6. The van der Waals surface area contributed by atoms with E-state index in [1.54, 1.807) is 0 Å². The molecule has 0 amide bonds. The van der Waals surface area contributed by atoms with E-state index < -0.39 is 0 Å². The van der Waals surface area contributed by atoms with Crippen LogP contribution in [0, 0.1) is 0 Å². The highest BCUT2D eigenvalue weighted by Crippen LogP contribution is 2.26. The molecule has 0 aliphatic heterocycles. The van der Waals surface area contributed by atoms with Crippen molar-refractivity contribution < 1.29 is 4.74 Å². The van der Waals surface area contributed by atoms with Crippen molar-refractivity contribution in [2.45, 2.75) is 64.2 Å². The fourth-order valence-electron chi connectivity index (χ4n) is 2.20. The summed E-state index contributed by atoms with van der Waals surface area (Å²) in [5, 5.41) is 0. The Bertz CT molecular complexity index is 172. The molecule has 0 spiro atoms. The summed E-state index contributed by atoms with van der Waals surface area (Å²) < 4.78 is 6.03. The molecule has 0 bridgehead atoms. The van der Waals surface area contributed by atoms with Gasteiger partial charge in [0.15, 0.2) is 0 Å². The Labute approximate surface area is 88.6 Å². The van der Waals surface area contributed by atoms with Crippen molar-refractivity contribution in [2.75, 3.05) is 14.1 Å². The Morgan fingerprint density at radius 1 is 1.14 bits per heavy atom. The molecule has 1 aliphatic carbocycles. The predicted octanol–water partition coefficient (Wildman–Crippen LogP) is 2.67. The average molecular weight is 199 g/mol. The predicted molar refractivity (Wildman–Crippen MR) is 60.6 cm³/mol. The lowest BCUT2D eigenvalue weighted by Crippen LogP contribution is -2.39. The first kappa shape index (κ1) is 12.0. The molecule has 1 fully saturated rings. The van der Waals surface area contributed by atoms with Crippen LogP contribution in [0.4, 0.5) is 0 Å². The maximum absolute atomic E-state index is 6.03. The van der Waals surface area contributed by atoms with Gasteiger partial charge in [-0.25, -0.2) is 0 Å². The number of hydrogen-bond acceptors (Lipinski definition) is 2. The van der Waals surface area contributed by atoms with Gasteiger partial charge in [0, 0.05) is 6.04 Å². The van der Waals surface area contributed by atoms with E-state index in [1.165, 1.54) is 25.7 Å². The van der Waals surface area contributed by atoms with E-state index in [9.17, 15) is 0 Å². The minimum Gasteiger partial charge on any atom is -0.373 e. The molecule has 0 heterocycles. The third-order valence-corrected chi connectivity index (χ3v) is 2.85. The van der Waals surface area contributed by atoms with Gasteiger partial charge in [-0.1, -0.05) is 0 Å². The van der Waals surface area contributed by atoms with Crippen LogP contribution in [0.25, 0.3) is 0 Å². The lowest BCUT2D eigenvalue weighted by Gasteiger charge is -2.36. The first-order valence-electron chi connectivity index (χ1n) is 5.73. The van der Waals surface area contributed by atoms with Crippen molar-refractivity contribution in [3.8, 4) is 0 Å². The van der Waals surface area contributed by atoms with Crippen LogP contribution in [-0.4, -0.2) is 36.7 Å². The highest BCUT2D eigenvalue weighted by molar-refractivity contribution is 4.79. The van der Waals surface area contributed by atoms with Gasteiger partial charge in [-0.2, -0.15) is 0 Å². The smallest absolute Gasteiger partial charge is 0.0602 e. The number of hydrogen-bond donors (Lipinski definition) is 0. The van der Waals surface area contributed by atoms with Gasteiger partial charge in [0.05, 0.1) is 11.7 Å². The molecule has 0 aromatic carbocycles. The summed E-state index contributed by atoms with van der Waals surface area (Å²) >= 11 is 0. The van der Waals surface area contributed by atoms with Crippen LogP contribution in [0.15, 0.2) is 0 Å². The summed E-state index contributed by atoms with van der Waals surface area (Å²) in [5.74, 6) is 0. The van der Waals surface area contributed by atoms with Crippen molar-refractivity contribution in [2.24, 2.45) is 0 Å². The Balaban J connectivity index is 2.40. The zero-order valence-corrected chi connectivity index (χ0v) is 10.3. The minimum absolute atomic E-state index is 0.0128. The van der Waals surface area contributed by atoms with Crippen LogP contribution in [0.2, 0.25) is 0 Å². The lowest BCUT2D eigenvalue weighted by atomic mass is 9.91. The zero-order valence-electron chi connectivity index (χ0n) is 10.3. The molecule has 2 heteroatoms. The third-order valence-electron chi connectivity index (χ3n) is 2.85. The number of rotatable bonds is 2. The van der Waals surface area contributed by atoms with Crippen LogP contribution in [0.1, 0.15) is 46.5 Å². The molecule has 1 rings (SSSR count). The molecule has 1 saturated carbocycles. The highest BCUT2D eigenvalue weighted by Gasteiger charge is 2.26. The quantitative estimate of drug-likeness (QED) is 0.678. The highest BCUT2D eigenvalue weighted by atomic mass is 16.5. The first-order chi connectivity index (χ1) is 6.38. The molecule has 1 aliphatic rings. The molecule has 0 aromatic heterocycles. The summed E-state index contributed by atoms with van der Waals surface area (Å²) in [7, 11) is 4.34. The topological polar surface area (TPSA) is 12.5 Å². The molecule has 84 valence electrons. The van der Waals surface area contributed by atoms with Gasteiger partial charge in [-0.3, -0.25) is 0 Å². The molecule has 2 nitrogen and oxygen atoms in total. The standard InChI is InChI=1S/C12H25NO/c1-12(2,3)14-11-8-6-7-10(9-11)13(4)5/h10-11H,6-9H2,1-5H3. The number of ether oxygens (including phenoxy) is 1. The van der Waals surface area contributed by atoms with E-state index in [4.69, 9.17) is 4.74 Å². The summed E-state index contributed by atoms with van der Waals surface area (Å²) in [4.78, 5) is 2.33. The van der Waals surface area contributed by atoms with Gasteiger partial charge in [0.2, 0.25) is 0 Å². The molecular formula is C12H25NO. The van der Waals surface area contributed by atoms with Crippen LogP contribution in [0.5, 0.6) is 0 Å². The van der Waals surface area contributed by atoms with Crippen LogP contribution >= 0.6 is 0 Å². The van der Waals surface area contributed by atoms with E-state index in [2.05, 4.69) is 39.8 Å². The fraction of sp³-hybridized carbons (Fsp3) is 1.00. The third kappa shape index (κ3) is 3.97. The van der Waals surface area contributed by atoms with E-state index in [1.807, 2.05) is 0 Å². The Kier molecular flexibility index (Phi) is 3.96. The Morgan fingerprint density at radius 2 is 1.79 bits per heavy atom. The largest absolute Gasteiger partial charge is 0.373 e. The van der Waals surface area contributed by atoms with Gasteiger partial charge in [0.25, 0.3) is 0 Å². The Hall–Kier alpha value is -0.0800. The van der Waals surface area contributed by atoms with Crippen LogP contribution in [-0.2, 0) is 4.74 Å². The minimum atomic E-state index is 0.0128. The summed E-state index contributed by atoms with van der Waals surface area (Å²) in [5.41, 5.74) is 0.0128. The number of nitrogens with zero attached hydrogens (tertiary/aromatic N) is 1. The van der Waals surface area contributed by atoms with Gasteiger partial charge in [-0.05, 0) is 60.5 Å². The van der Waals surface area contributed by atoms with Crippen molar-refractivity contribution in [3.05, 3.63) is 0 Å². The molecule has 0 saturated heterocycles. The van der Waals surface area contributed by atoms with Crippen LogP contribution < -0.4 is 0 Å². The van der Waals surface area contributed by atoms with Crippen LogP contribution in [0.3, 0.4) is 0 Å². The molecule has 0 radical (unpaired) electrons. The second-order valence-corrected chi connectivity index (χ2v) is 5.64. The monoisotopic (exact) mass is 199 g/mol. The van der Waals surface area contributed by atoms with E-state index >= 15 is 0 Å². The van der Waals surface area contributed by atoms with E-state index in [0.29, 0.717) is 6.10 Å². The first-order valence-corrected chi connectivity index (χ1v) is 5.73. The molecular weight excluding hydrogens is 174 g/mol. The van der Waals surface area contributed by atoms with Gasteiger partial charge in [0.1, 0.15) is 0 Å². The SMILES string of the molecule is CN(C)C1CCCC(OC(C)(C)C)C1. The zero-order chi connectivity index (χ0) is 10.8. The summed E-state index contributed by atoms with van der Waals surface area (Å²) in [6.45, 7) is 6.44. The van der Waals surface area contributed by atoms with Gasteiger partial charge in [-0.15, -0.1) is 0 Å². The Morgan fingerprint density at radius 3 is 2.29 bits per heavy atom. The maximum Gasteiger partial charge on any atom is 0.0602 e. The second kappa shape index (κ2) is 4.63. The van der Waals surface area contributed by atoms with E-state index in [0.717, 1.165) is 6.04 Å². The second-order valence-electron chi connectivity index (χ2n) is 5.64. The molecule has 2 atom stereocenters. The summed E-state index contributed by atoms with van der Waals surface area (Å²) in [6.07, 6.45) is 5.54. The van der Waals surface area contributed by atoms with E-state index in [-0.39, 0.29) is 5.60 Å². The fourth-order valence-corrected chi connectivity index (χ4v) is 2.20.